The first-order chi connectivity index (χ1) is 8.11. The third-order valence-electron chi connectivity index (χ3n) is 2.57. The first-order valence-electron chi connectivity index (χ1n) is 5.17. The van der Waals surface area contributed by atoms with Crippen LogP contribution >= 0.6 is 15.9 Å². The molecule has 0 radical (unpaired) electrons. The van der Waals surface area contributed by atoms with Crippen molar-refractivity contribution in [1.29, 1.82) is 0 Å². The molecule has 1 heterocycles. The molecule has 2 aromatic rings. The Morgan fingerprint density at radius 1 is 1.29 bits per heavy atom. The topological polar surface area (TPSA) is 45.7 Å². The summed E-state index contributed by atoms with van der Waals surface area (Å²) in [6.07, 6.45) is 0. The lowest BCUT2D eigenvalue weighted by molar-refractivity contribution is 0.317. The SMILES string of the molecule is C/C(=N\O)c1ccc(-c2ccc(C)c(Br)c2)o1. The molecule has 4 heteroatoms. The molecule has 0 unspecified atom stereocenters. The predicted molar refractivity (Wildman–Crippen MR) is 70.6 cm³/mol. The van der Waals surface area contributed by atoms with Crippen molar-refractivity contribution in [3.8, 4) is 11.3 Å². The van der Waals surface area contributed by atoms with Gasteiger partial charge in [0.1, 0.15) is 11.5 Å². The Labute approximate surface area is 108 Å². The van der Waals surface area contributed by atoms with Gasteiger partial charge in [0.15, 0.2) is 5.76 Å². The van der Waals surface area contributed by atoms with Crippen LogP contribution in [0.2, 0.25) is 0 Å². The van der Waals surface area contributed by atoms with Crippen LogP contribution in [-0.2, 0) is 0 Å². The van der Waals surface area contributed by atoms with E-state index in [0.717, 1.165) is 15.8 Å². The number of rotatable bonds is 2. The van der Waals surface area contributed by atoms with Crippen molar-refractivity contribution in [2.24, 2.45) is 5.16 Å². The zero-order chi connectivity index (χ0) is 12.4. The van der Waals surface area contributed by atoms with Gasteiger partial charge >= 0.3 is 0 Å². The van der Waals surface area contributed by atoms with Crippen LogP contribution in [0.4, 0.5) is 0 Å². The molecule has 1 aromatic carbocycles. The van der Waals surface area contributed by atoms with Gasteiger partial charge in [0.05, 0.1) is 0 Å². The molecule has 3 nitrogen and oxygen atoms in total. The molecule has 0 spiro atoms. The molecular weight excluding hydrogens is 282 g/mol. The number of nitrogens with zero attached hydrogens (tertiary/aromatic N) is 1. The Balaban J connectivity index is 2.40. The van der Waals surface area contributed by atoms with Crippen molar-refractivity contribution in [2.45, 2.75) is 13.8 Å². The summed E-state index contributed by atoms with van der Waals surface area (Å²) in [5, 5.41) is 11.8. The summed E-state index contributed by atoms with van der Waals surface area (Å²) < 4.78 is 6.65. The van der Waals surface area contributed by atoms with Crippen molar-refractivity contribution in [2.75, 3.05) is 0 Å². The van der Waals surface area contributed by atoms with Gasteiger partial charge in [0, 0.05) is 10.0 Å². The number of aryl methyl sites for hydroxylation is 1. The smallest absolute Gasteiger partial charge is 0.152 e. The van der Waals surface area contributed by atoms with Crippen molar-refractivity contribution in [1.82, 2.24) is 0 Å². The van der Waals surface area contributed by atoms with E-state index in [1.165, 1.54) is 5.56 Å². The minimum absolute atomic E-state index is 0.461. The van der Waals surface area contributed by atoms with Crippen LogP contribution in [-0.4, -0.2) is 10.9 Å². The average molecular weight is 294 g/mol. The van der Waals surface area contributed by atoms with E-state index in [0.29, 0.717) is 11.5 Å². The summed E-state index contributed by atoms with van der Waals surface area (Å²) in [6, 6.07) is 9.67. The van der Waals surface area contributed by atoms with E-state index < -0.39 is 0 Å². The van der Waals surface area contributed by atoms with Gasteiger partial charge in [-0.2, -0.15) is 0 Å². The molecule has 0 amide bonds. The fourth-order valence-electron chi connectivity index (χ4n) is 1.48. The Morgan fingerprint density at radius 2 is 2.06 bits per heavy atom. The monoisotopic (exact) mass is 293 g/mol. The molecule has 1 aromatic heterocycles. The Morgan fingerprint density at radius 3 is 2.71 bits per heavy atom. The van der Waals surface area contributed by atoms with E-state index in [2.05, 4.69) is 21.1 Å². The summed E-state index contributed by atoms with van der Waals surface area (Å²) in [7, 11) is 0. The van der Waals surface area contributed by atoms with Gasteiger partial charge in [-0.1, -0.05) is 33.2 Å². The van der Waals surface area contributed by atoms with E-state index in [9.17, 15) is 0 Å². The van der Waals surface area contributed by atoms with Crippen molar-refractivity contribution in [3.63, 3.8) is 0 Å². The van der Waals surface area contributed by atoms with E-state index in [4.69, 9.17) is 9.62 Å². The van der Waals surface area contributed by atoms with Crippen molar-refractivity contribution in [3.05, 3.63) is 46.1 Å². The highest BCUT2D eigenvalue weighted by Crippen LogP contribution is 2.27. The Bertz CT molecular complexity index is 573. The summed E-state index contributed by atoms with van der Waals surface area (Å²) in [5.74, 6) is 1.32. The maximum absolute atomic E-state index is 8.67. The second-order valence-electron chi connectivity index (χ2n) is 3.81. The first-order valence-corrected chi connectivity index (χ1v) is 5.96. The number of hydrogen-bond acceptors (Lipinski definition) is 3. The van der Waals surface area contributed by atoms with E-state index >= 15 is 0 Å². The molecular formula is C13H12BrNO2. The summed E-state index contributed by atoms with van der Waals surface area (Å²) in [5.41, 5.74) is 2.62. The zero-order valence-corrected chi connectivity index (χ0v) is 11.2. The molecule has 0 bridgehead atoms. The minimum atomic E-state index is 0.461. The van der Waals surface area contributed by atoms with Crippen molar-refractivity contribution >= 4 is 21.6 Å². The second-order valence-corrected chi connectivity index (χ2v) is 4.67. The highest BCUT2D eigenvalue weighted by atomic mass is 79.9. The Kier molecular flexibility index (Phi) is 3.33. The largest absolute Gasteiger partial charge is 0.455 e. The summed E-state index contributed by atoms with van der Waals surface area (Å²) in [4.78, 5) is 0. The summed E-state index contributed by atoms with van der Waals surface area (Å²) >= 11 is 3.49. The molecule has 88 valence electrons. The van der Waals surface area contributed by atoms with Gasteiger partial charge in [0.2, 0.25) is 0 Å². The van der Waals surface area contributed by atoms with Crippen LogP contribution in [0.5, 0.6) is 0 Å². The van der Waals surface area contributed by atoms with Crippen LogP contribution in [0.25, 0.3) is 11.3 Å². The normalized spacial score (nSPS) is 11.8. The maximum Gasteiger partial charge on any atom is 0.152 e. The highest BCUT2D eigenvalue weighted by Gasteiger charge is 2.08. The number of hydrogen-bond donors (Lipinski definition) is 1. The lowest BCUT2D eigenvalue weighted by Crippen LogP contribution is -1.89. The van der Waals surface area contributed by atoms with Crippen LogP contribution < -0.4 is 0 Å². The van der Waals surface area contributed by atoms with Gasteiger partial charge in [0.25, 0.3) is 0 Å². The number of oxime groups is 1. The molecule has 0 aliphatic carbocycles. The number of furan rings is 1. The zero-order valence-electron chi connectivity index (χ0n) is 9.57. The number of benzene rings is 1. The van der Waals surface area contributed by atoms with Crippen LogP contribution in [0.1, 0.15) is 18.2 Å². The van der Waals surface area contributed by atoms with Gasteiger partial charge in [-0.25, -0.2) is 0 Å². The molecule has 17 heavy (non-hydrogen) atoms. The second kappa shape index (κ2) is 4.75. The molecule has 0 aliphatic rings. The highest BCUT2D eigenvalue weighted by molar-refractivity contribution is 9.10. The van der Waals surface area contributed by atoms with E-state index in [1.54, 1.807) is 13.0 Å². The molecule has 2 rings (SSSR count). The Hall–Kier alpha value is -1.55. The van der Waals surface area contributed by atoms with E-state index in [-0.39, 0.29) is 0 Å². The van der Waals surface area contributed by atoms with E-state index in [1.807, 2.05) is 31.2 Å². The van der Waals surface area contributed by atoms with Gasteiger partial charge < -0.3 is 9.62 Å². The third kappa shape index (κ3) is 2.42. The molecule has 0 fully saturated rings. The minimum Gasteiger partial charge on any atom is -0.455 e. The molecule has 0 saturated carbocycles. The number of halogens is 1. The molecule has 1 N–H and O–H groups in total. The van der Waals surface area contributed by atoms with Crippen LogP contribution in [0.3, 0.4) is 0 Å². The lowest BCUT2D eigenvalue weighted by atomic mass is 10.1. The average Bonchev–Trinajstić information content (AvgIpc) is 2.81. The molecule has 0 atom stereocenters. The predicted octanol–water partition coefficient (Wildman–Crippen LogP) is 4.22. The first kappa shape index (κ1) is 11.9. The fourth-order valence-corrected chi connectivity index (χ4v) is 1.86. The van der Waals surface area contributed by atoms with Crippen molar-refractivity contribution < 1.29 is 9.62 Å². The third-order valence-corrected chi connectivity index (χ3v) is 3.42. The maximum atomic E-state index is 8.67. The van der Waals surface area contributed by atoms with Crippen LogP contribution in [0, 0.1) is 6.92 Å². The van der Waals surface area contributed by atoms with Crippen LogP contribution in [0.15, 0.2) is 44.4 Å². The van der Waals surface area contributed by atoms with Gasteiger partial charge in [-0.3, -0.25) is 0 Å². The quantitative estimate of drug-likeness (QED) is 0.512. The lowest BCUT2D eigenvalue weighted by Gasteiger charge is -2.01. The van der Waals surface area contributed by atoms with Gasteiger partial charge in [-0.05, 0) is 37.6 Å². The molecule has 0 saturated heterocycles. The van der Waals surface area contributed by atoms with Gasteiger partial charge in [-0.15, -0.1) is 0 Å². The standard InChI is InChI=1S/C13H12BrNO2/c1-8-3-4-10(7-11(8)14)13-6-5-12(17-13)9(2)15-16/h3-7,16H,1-2H3/b15-9+. The molecule has 0 aliphatic heterocycles. The fraction of sp³-hybridized carbons (Fsp3) is 0.154. The summed E-state index contributed by atoms with van der Waals surface area (Å²) in [6.45, 7) is 3.72.